The van der Waals surface area contributed by atoms with Crippen LogP contribution in [0.4, 0.5) is 0 Å². The molecule has 6 nitrogen and oxygen atoms in total. The second-order valence-corrected chi connectivity index (χ2v) is 5.26. The zero-order valence-corrected chi connectivity index (χ0v) is 11.5. The summed E-state index contributed by atoms with van der Waals surface area (Å²) in [6.45, 7) is 1.20. The molecule has 6 heteroatoms. The number of nitrogens with zero attached hydrogens (tertiary/aromatic N) is 3. The van der Waals surface area contributed by atoms with Crippen molar-refractivity contribution >= 4 is 5.91 Å². The van der Waals surface area contributed by atoms with Crippen LogP contribution < -0.4 is 11.1 Å². The average Bonchev–Trinajstić information content (AvgIpc) is 2.84. The van der Waals surface area contributed by atoms with Crippen molar-refractivity contribution in [2.75, 3.05) is 13.1 Å². The predicted octanol–water partition coefficient (Wildman–Crippen LogP) is 0.239. The van der Waals surface area contributed by atoms with Crippen molar-refractivity contribution in [3.63, 3.8) is 0 Å². The molecule has 1 aliphatic carbocycles. The Kier molecular flexibility index (Phi) is 4.90. The Bertz CT molecular complexity index is 417. The van der Waals surface area contributed by atoms with E-state index in [4.69, 9.17) is 5.73 Å². The van der Waals surface area contributed by atoms with Crippen LogP contribution in [0.15, 0.2) is 6.33 Å². The maximum absolute atomic E-state index is 12.2. The fourth-order valence-corrected chi connectivity index (χ4v) is 2.76. The van der Waals surface area contributed by atoms with E-state index in [0.717, 1.165) is 25.1 Å². The van der Waals surface area contributed by atoms with E-state index in [1.165, 1.54) is 6.42 Å². The molecule has 0 bridgehead atoms. The highest BCUT2D eigenvalue weighted by Crippen LogP contribution is 2.29. The molecule has 2 rings (SSSR count). The lowest BCUT2D eigenvalue weighted by molar-refractivity contribution is -0.127. The summed E-state index contributed by atoms with van der Waals surface area (Å²) in [7, 11) is 1.84. The van der Waals surface area contributed by atoms with Gasteiger partial charge >= 0.3 is 0 Å². The largest absolute Gasteiger partial charge is 0.355 e. The summed E-state index contributed by atoms with van der Waals surface area (Å²) in [5, 5.41) is 7.18. The molecule has 2 unspecified atom stereocenters. The van der Waals surface area contributed by atoms with Crippen LogP contribution in [0.2, 0.25) is 0 Å². The van der Waals surface area contributed by atoms with Gasteiger partial charge in [0.15, 0.2) is 5.82 Å². The molecule has 1 aromatic rings. The number of aryl methyl sites for hydroxylation is 1. The van der Waals surface area contributed by atoms with Crippen molar-refractivity contribution in [1.82, 2.24) is 20.1 Å². The number of hydrogen-bond donors (Lipinski definition) is 2. The molecule has 0 radical (unpaired) electrons. The van der Waals surface area contributed by atoms with Crippen LogP contribution in [0.3, 0.4) is 0 Å². The minimum Gasteiger partial charge on any atom is -0.355 e. The molecule has 1 heterocycles. The predicted molar refractivity (Wildman–Crippen MR) is 72.2 cm³/mol. The lowest BCUT2D eigenvalue weighted by Gasteiger charge is -2.29. The molecule has 1 aliphatic rings. The molecule has 19 heavy (non-hydrogen) atoms. The van der Waals surface area contributed by atoms with E-state index in [1.54, 1.807) is 11.0 Å². The number of hydrogen-bond acceptors (Lipinski definition) is 4. The average molecular weight is 265 g/mol. The van der Waals surface area contributed by atoms with Crippen molar-refractivity contribution in [1.29, 1.82) is 0 Å². The van der Waals surface area contributed by atoms with Crippen LogP contribution in [0.1, 0.15) is 31.5 Å². The van der Waals surface area contributed by atoms with Gasteiger partial charge in [0, 0.05) is 25.9 Å². The maximum Gasteiger partial charge on any atom is 0.223 e. The number of carbonyl (C=O) groups excluding carboxylic acids is 1. The Labute approximate surface area is 113 Å². The van der Waals surface area contributed by atoms with E-state index >= 15 is 0 Å². The van der Waals surface area contributed by atoms with Gasteiger partial charge in [0.05, 0.1) is 0 Å². The molecular weight excluding hydrogens is 242 g/mol. The lowest BCUT2D eigenvalue weighted by Crippen LogP contribution is -2.40. The Morgan fingerprint density at radius 2 is 2.32 bits per heavy atom. The first-order valence-corrected chi connectivity index (χ1v) is 7.03. The van der Waals surface area contributed by atoms with Gasteiger partial charge in [-0.05, 0) is 25.3 Å². The van der Waals surface area contributed by atoms with Crippen LogP contribution in [0.5, 0.6) is 0 Å². The summed E-state index contributed by atoms with van der Waals surface area (Å²) in [5.41, 5.74) is 5.75. The Hall–Kier alpha value is -1.43. The molecule has 2 atom stereocenters. The first kappa shape index (κ1) is 14.0. The Morgan fingerprint density at radius 3 is 3.00 bits per heavy atom. The third-order valence-electron chi connectivity index (χ3n) is 3.84. The zero-order chi connectivity index (χ0) is 13.7. The van der Waals surface area contributed by atoms with E-state index < -0.39 is 0 Å². The second kappa shape index (κ2) is 6.65. The highest BCUT2D eigenvalue weighted by atomic mass is 16.1. The SMILES string of the molecule is Cn1cnc(CCNC(=O)C2CCCCC2CN)n1. The fraction of sp³-hybridized carbons (Fsp3) is 0.769. The maximum atomic E-state index is 12.2. The Balaban J connectivity index is 1.77. The van der Waals surface area contributed by atoms with Crippen molar-refractivity contribution < 1.29 is 4.79 Å². The number of nitrogens with one attached hydrogen (secondary N) is 1. The first-order chi connectivity index (χ1) is 9.20. The quantitative estimate of drug-likeness (QED) is 0.798. The van der Waals surface area contributed by atoms with Gasteiger partial charge < -0.3 is 11.1 Å². The molecule has 1 aromatic heterocycles. The second-order valence-electron chi connectivity index (χ2n) is 5.26. The van der Waals surface area contributed by atoms with Gasteiger partial charge in [-0.1, -0.05) is 12.8 Å². The van der Waals surface area contributed by atoms with Crippen LogP contribution in [-0.2, 0) is 18.3 Å². The number of aromatic nitrogens is 3. The van der Waals surface area contributed by atoms with Gasteiger partial charge in [-0.15, -0.1) is 0 Å². The molecule has 1 saturated carbocycles. The van der Waals surface area contributed by atoms with Gasteiger partial charge in [0.2, 0.25) is 5.91 Å². The van der Waals surface area contributed by atoms with Gasteiger partial charge in [-0.3, -0.25) is 9.48 Å². The van der Waals surface area contributed by atoms with E-state index in [9.17, 15) is 4.79 Å². The van der Waals surface area contributed by atoms with Gasteiger partial charge in [0.1, 0.15) is 6.33 Å². The molecule has 0 spiro atoms. The van der Waals surface area contributed by atoms with E-state index in [0.29, 0.717) is 25.4 Å². The third-order valence-corrected chi connectivity index (χ3v) is 3.84. The molecule has 1 fully saturated rings. The summed E-state index contributed by atoms with van der Waals surface area (Å²) in [5.74, 6) is 1.35. The molecule has 0 saturated heterocycles. The minimum absolute atomic E-state index is 0.0930. The van der Waals surface area contributed by atoms with Gasteiger partial charge in [-0.2, -0.15) is 5.10 Å². The van der Waals surface area contributed by atoms with E-state index in [1.807, 2.05) is 7.05 Å². The van der Waals surface area contributed by atoms with Crippen molar-refractivity contribution in [3.8, 4) is 0 Å². The first-order valence-electron chi connectivity index (χ1n) is 7.03. The van der Waals surface area contributed by atoms with E-state index in [2.05, 4.69) is 15.4 Å². The smallest absolute Gasteiger partial charge is 0.223 e. The van der Waals surface area contributed by atoms with Gasteiger partial charge in [-0.25, -0.2) is 4.98 Å². The number of nitrogens with two attached hydrogens (primary N) is 1. The number of rotatable bonds is 5. The normalized spacial score (nSPS) is 23.3. The highest BCUT2D eigenvalue weighted by molar-refractivity contribution is 5.79. The summed E-state index contributed by atoms with van der Waals surface area (Å²) in [6, 6.07) is 0. The van der Waals surface area contributed by atoms with Crippen LogP contribution in [-0.4, -0.2) is 33.8 Å². The summed E-state index contributed by atoms with van der Waals surface area (Å²) >= 11 is 0. The standard InChI is InChI=1S/C13H23N5O/c1-18-9-16-12(17-18)6-7-15-13(19)11-5-3-2-4-10(11)8-14/h9-11H,2-8,14H2,1H3,(H,15,19). The van der Waals surface area contributed by atoms with Crippen molar-refractivity contribution in [2.24, 2.45) is 24.6 Å². The summed E-state index contributed by atoms with van der Waals surface area (Å²) < 4.78 is 1.67. The number of amides is 1. The Morgan fingerprint density at radius 1 is 1.53 bits per heavy atom. The fourth-order valence-electron chi connectivity index (χ4n) is 2.76. The topological polar surface area (TPSA) is 85.8 Å². The molecular formula is C13H23N5O. The van der Waals surface area contributed by atoms with E-state index in [-0.39, 0.29) is 11.8 Å². The molecule has 0 aromatic carbocycles. The van der Waals surface area contributed by atoms with Crippen molar-refractivity contribution in [3.05, 3.63) is 12.2 Å². The number of carbonyl (C=O) groups is 1. The van der Waals surface area contributed by atoms with Gasteiger partial charge in [0.25, 0.3) is 0 Å². The third kappa shape index (κ3) is 3.76. The monoisotopic (exact) mass is 265 g/mol. The van der Waals surface area contributed by atoms with Crippen LogP contribution >= 0.6 is 0 Å². The molecule has 0 aliphatic heterocycles. The zero-order valence-electron chi connectivity index (χ0n) is 11.5. The highest BCUT2D eigenvalue weighted by Gasteiger charge is 2.29. The molecule has 3 N–H and O–H groups in total. The molecule has 106 valence electrons. The lowest BCUT2D eigenvalue weighted by atomic mass is 9.79. The van der Waals surface area contributed by atoms with Crippen LogP contribution in [0.25, 0.3) is 0 Å². The minimum atomic E-state index is 0.0930. The van der Waals surface area contributed by atoms with Crippen molar-refractivity contribution in [2.45, 2.75) is 32.1 Å². The van der Waals surface area contributed by atoms with Crippen LogP contribution in [0, 0.1) is 11.8 Å². The molecule has 1 amide bonds. The summed E-state index contributed by atoms with van der Waals surface area (Å²) in [4.78, 5) is 16.3. The summed E-state index contributed by atoms with van der Waals surface area (Å²) in [6.07, 6.45) is 6.72.